The number of nitrogens with zero attached hydrogens (tertiary/aromatic N) is 3. The summed E-state index contributed by atoms with van der Waals surface area (Å²) in [5.41, 5.74) is 9.30. The molecule has 4 heterocycles. The van der Waals surface area contributed by atoms with E-state index in [1.165, 1.54) is 17.2 Å². The molecule has 6 N–H and O–H groups in total. The first-order chi connectivity index (χ1) is 16.8. The van der Waals surface area contributed by atoms with Gasteiger partial charge in [-0.2, -0.15) is 4.79 Å². The summed E-state index contributed by atoms with van der Waals surface area (Å²) in [5, 5.41) is 11.9. The number of rotatable bonds is 5. The molecular weight excluding hydrogens is 451 g/mol. The fourth-order valence-corrected chi connectivity index (χ4v) is 4.17. The number of benzene rings is 1. The van der Waals surface area contributed by atoms with Crippen molar-refractivity contribution in [2.75, 3.05) is 28.3 Å². The van der Waals surface area contributed by atoms with Crippen molar-refractivity contribution in [3.05, 3.63) is 70.0 Å². The lowest BCUT2D eigenvalue weighted by atomic mass is 9.95. The van der Waals surface area contributed by atoms with E-state index in [2.05, 4.69) is 31.1 Å². The number of aromatic nitrogens is 4. The summed E-state index contributed by atoms with van der Waals surface area (Å²) in [5.74, 6) is 0.928. The molecule has 0 saturated heterocycles. The van der Waals surface area contributed by atoms with Crippen molar-refractivity contribution in [1.82, 2.24) is 19.9 Å². The summed E-state index contributed by atoms with van der Waals surface area (Å²) in [7, 11) is 0. The summed E-state index contributed by atoms with van der Waals surface area (Å²) in [6.07, 6.45) is 3.12. The molecule has 0 bridgehead atoms. The molecule has 1 aromatic carbocycles. The number of carbonyl (C=O) groups is 1. The minimum atomic E-state index is -0.567. The maximum atomic E-state index is 14.9. The van der Waals surface area contributed by atoms with Gasteiger partial charge in [0.2, 0.25) is 5.91 Å². The molecule has 35 heavy (non-hydrogen) atoms. The number of H-pyrrole nitrogens is 1. The van der Waals surface area contributed by atoms with E-state index in [0.29, 0.717) is 45.9 Å². The number of nitrogens with two attached hydrogens (primary N) is 1. The van der Waals surface area contributed by atoms with Crippen molar-refractivity contribution < 1.29 is 9.18 Å². The highest BCUT2D eigenvalue weighted by Gasteiger charge is 2.27. The van der Waals surface area contributed by atoms with Gasteiger partial charge < -0.3 is 21.4 Å². The highest BCUT2D eigenvalue weighted by Crippen LogP contribution is 2.30. The normalized spacial score (nSPS) is 15.4. The highest BCUT2D eigenvalue weighted by molar-refractivity contribution is 5.95. The third-order valence-electron chi connectivity index (χ3n) is 6.18. The first-order valence-electron chi connectivity index (χ1n) is 11.2. The monoisotopic (exact) mass is 476 g/mol. The van der Waals surface area contributed by atoms with Gasteiger partial charge in [-0.15, -0.1) is 5.10 Å². The van der Waals surface area contributed by atoms with Gasteiger partial charge in [-0.3, -0.25) is 9.59 Å². The summed E-state index contributed by atoms with van der Waals surface area (Å²) >= 11 is 0. The zero-order valence-corrected chi connectivity index (χ0v) is 19.2. The Morgan fingerprint density at radius 3 is 2.83 bits per heavy atom. The number of fused-ring (bicyclic) bond motifs is 2. The second-order valence-electron chi connectivity index (χ2n) is 8.91. The third-order valence-corrected chi connectivity index (χ3v) is 6.18. The zero-order chi connectivity index (χ0) is 24.7. The van der Waals surface area contributed by atoms with E-state index in [0.717, 1.165) is 0 Å². The Morgan fingerprint density at radius 2 is 2.06 bits per heavy atom. The fourth-order valence-electron chi connectivity index (χ4n) is 4.17. The molecule has 0 fully saturated rings. The predicted molar refractivity (Wildman–Crippen MR) is 133 cm³/mol. The smallest absolute Gasteiger partial charge is 0.251 e. The molecule has 3 aromatic heterocycles. The van der Waals surface area contributed by atoms with Crippen molar-refractivity contribution in [3.63, 3.8) is 0 Å². The lowest BCUT2D eigenvalue weighted by Crippen LogP contribution is -2.33. The van der Waals surface area contributed by atoms with E-state index < -0.39 is 5.82 Å². The molecule has 0 radical (unpaired) electrons. The van der Waals surface area contributed by atoms with Crippen molar-refractivity contribution in [2.45, 2.75) is 20.3 Å². The molecule has 11 heteroatoms. The fraction of sp³-hybridized carbons (Fsp3) is 0.250. The van der Waals surface area contributed by atoms with E-state index in [1.54, 1.807) is 30.3 Å². The lowest BCUT2D eigenvalue weighted by molar-refractivity contribution is -0.121. The number of amides is 1. The SMILES string of the molecule is CC(C)C1CNc2cc(Nc3cc4cc(Cc5ccc[nH]c5=O)c(F)c(N)c4cn3)nn2NC1=O. The van der Waals surface area contributed by atoms with Crippen LogP contribution in [-0.4, -0.2) is 32.3 Å². The average molecular weight is 477 g/mol. The molecule has 4 aromatic rings. The molecule has 1 aliphatic rings. The number of pyridine rings is 2. The summed E-state index contributed by atoms with van der Waals surface area (Å²) in [6, 6.07) is 8.50. The Hall–Kier alpha value is -4.41. The van der Waals surface area contributed by atoms with Crippen LogP contribution in [0, 0.1) is 17.7 Å². The van der Waals surface area contributed by atoms with Crippen LogP contribution in [0.3, 0.4) is 0 Å². The van der Waals surface area contributed by atoms with Gasteiger partial charge in [0.05, 0.1) is 11.6 Å². The van der Waals surface area contributed by atoms with Crippen LogP contribution in [0.5, 0.6) is 0 Å². The maximum absolute atomic E-state index is 14.9. The minimum Gasteiger partial charge on any atom is -0.396 e. The van der Waals surface area contributed by atoms with Crippen molar-refractivity contribution >= 4 is 39.8 Å². The van der Waals surface area contributed by atoms with Crippen LogP contribution >= 0.6 is 0 Å². The maximum Gasteiger partial charge on any atom is 0.251 e. The molecule has 1 unspecified atom stereocenters. The molecule has 180 valence electrons. The third kappa shape index (κ3) is 4.27. The Labute approximate surface area is 199 Å². The Bertz CT molecular complexity index is 1490. The molecule has 0 spiro atoms. The van der Waals surface area contributed by atoms with Crippen molar-refractivity contribution in [1.29, 1.82) is 0 Å². The van der Waals surface area contributed by atoms with E-state index >= 15 is 0 Å². The second kappa shape index (κ2) is 8.75. The van der Waals surface area contributed by atoms with Crippen molar-refractivity contribution in [3.8, 4) is 0 Å². The van der Waals surface area contributed by atoms with Gasteiger partial charge in [-0.25, -0.2) is 14.8 Å². The van der Waals surface area contributed by atoms with Crippen LogP contribution in [0.4, 0.5) is 27.5 Å². The number of carbonyl (C=O) groups excluding carboxylic acids is 1. The molecule has 1 atom stereocenters. The number of hydrogen-bond donors (Lipinski definition) is 5. The average Bonchev–Trinajstić information content (AvgIpc) is 3.11. The van der Waals surface area contributed by atoms with Crippen LogP contribution in [0.25, 0.3) is 10.8 Å². The standard InChI is InChI=1S/C24H25FN8O2/c1-12(2)16-10-29-20-9-19(31-33(20)32-24(16)35)30-18-8-14-7-15(6-13-4-3-5-27-23(13)34)21(25)22(26)17(14)11-28-18/h3-5,7-9,11-12,16,29H,6,10,26H2,1-2H3,(H,27,34)(H,32,35)(H,28,30,31). The highest BCUT2D eigenvalue weighted by atomic mass is 19.1. The second-order valence-corrected chi connectivity index (χ2v) is 8.91. The van der Waals surface area contributed by atoms with Gasteiger partial charge in [0.25, 0.3) is 5.56 Å². The quantitative estimate of drug-likeness (QED) is 0.279. The topological polar surface area (TPSA) is 143 Å². The summed E-state index contributed by atoms with van der Waals surface area (Å²) in [6.45, 7) is 4.50. The molecular formula is C24H25FN8O2. The molecule has 5 rings (SSSR count). The number of halogens is 1. The van der Waals surface area contributed by atoms with Gasteiger partial charge >= 0.3 is 0 Å². The molecule has 10 nitrogen and oxygen atoms in total. The Kier molecular flexibility index (Phi) is 5.59. The molecule has 0 aliphatic carbocycles. The van der Waals surface area contributed by atoms with E-state index in [4.69, 9.17) is 5.73 Å². The number of hydrogen-bond acceptors (Lipinski definition) is 7. The lowest BCUT2D eigenvalue weighted by Gasteiger charge is -2.16. The number of nitrogen functional groups attached to an aromatic ring is 1. The predicted octanol–water partition coefficient (Wildman–Crippen LogP) is 2.94. The van der Waals surface area contributed by atoms with E-state index in [9.17, 15) is 14.0 Å². The number of aromatic amines is 1. The van der Waals surface area contributed by atoms with Crippen LogP contribution in [0.15, 0.2) is 47.5 Å². The first kappa shape index (κ1) is 22.4. The van der Waals surface area contributed by atoms with Crippen LogP contribution in [0.2, 0.25) is 0 Å². The van der Waals surface area contributed by atoms with Crippen LogP contribution < -0.4 is 27.4 Å². The van der Waals surface area contributed by atoms with E-state index in [-0.39, 0.29) is 35.4 Å². The Balaban J connectivity index is 1.42. The van der Waals surface area contributed by atoms with Crippen molar-refractivity contribution in [2.24, 2.45) is 11.8 Å². The minimum absolute atomic E-state index is 0.0239. The van der Waals surface area contributed by atoms with Gasteiger partial charge in [0, 0.05) is 42.4 Å². The largest absolute Gasteiger partial charge is 0.396 e. The number of anilines is 4. The summed E-state index contributed by atoms with van der Waals surface area (Å²) in [4.78, 5) is 32.8. The molecule has 0 saturated carbocycles. The molecule has 1 aliphatic heterocycles. The van der Waals surface area contributed by atoms with Gasteiger partial charge in [-0.05, 0) is 35.1 Å². The Morgan fingerprint density at radius 1 is 1.23 bits per heavy atom. The molecule has 1 amide bonds. The summed E-state index contributed by atoms with van der Waals surface area (Å²) < 4.78 is 14.9. The van der Waals surface area contributed by atoms with Crippen LogP contribution in [-0.2, 0) is 11.2 Å². The zero-order valence-electron chi connectivity index (χ0n) is 19.2. The first-order valence-corrected chi connectivity index (χ1v) is 11.2. The van der Waals surface area contributed by atoms with Gasteiger partial charge in [-0.1, -0.05) is 19.9 Å². The number of nitrogens with one attached hydrogen (secondary N) is 4. The van der Waals surface area contributed by atoms with E-state index in [1.807, 2.05) is 13.8 Å². The van der Waals surface area contributed by atoms with Gasteiger partial charge in [0.15, 0.2) is 5.82 Å². The van der Waals surface area contributed by atoms with Gasteiger partial charge in [0.1, 0.15) is 17.5 Å². The van der Waals surface area contributed by atoms with Crippen LogP contribution in [0.1, 0.15) is 25.0 Å².